The van der Waals surface area contributed by atoms with Gasteiger partial charge in [0, 0.05) is 19.0 Å². The van der Waals surface area contributed by atoms with Crippen molar-refractivity contribution in [3.8, 4) is 0 Å². The van der Waals surface area contributed by atoms with Crippen molar-refractivity contribution in [2.45, 2.75) is 65.5 Å². The minimum atomic E-state index is 0.544. The highest BCUT2D eigenvalue weighted by Crippen LogP contribution is 2.18. The van der Waals surface area contributed by atoms with E-state index in [1.807, 2.05) is 0 Å². The number of benzene rings is 1. The molecule has 1 unspecified atom stereocenters. The summed E-state index contributed by atoms with van der Waals surface area (Å²) >= 11 is 0. The van der Waals surface area contributed by atoms with Gasteiger partial charge in [0.05, 0.1) is 11.0 Å². The fourth-order valence-electron chi connectivity index (χ4n) is 2.95. The molecule has 0 aliphatic carbocycles. The highest BCUT2D eigenvalue weighted by molar-refractivity contribution is 5.75. The third kappa shape index (κ3) is 4.07. The van der Waals surface area contributed by atoms with E-state index in [2.05, 4.69) is 54.9 Å². The van der Waals surface area contributed by atoms with Gasteiger partial charge in [-0.3, -0.25) is 0 Å². The lowest BCUT2D eigenvalue weighted by Crippen LogP contribution is -2.32. The van der Waals surface area contributed by atoms with Crippen LogP contribution in [-0.4, -0.2) is 22.1 Å². The molecule has 3 heteroatoms. The van der Waals surface area contributed by atoms with E-state index in [-0.39, 0.29) is 0 Å². The summed E-state index contributed by atoms with van der Waals surface area (Å²) in [5.74, 6) is 1.24. The van der Waals surface area contributed by atoms with Crippen molar-refractivity contribution in [2.75, 3.05) is 6.54 Å². The van der Waals surface area contributed by atoms with Crippen molar-refractivity contribution in [1.82, 2.24) is 14.9 Å². The maximum Gasteiger partial charge on any atom is 0.111 e. The summed E-state index contributed by atoms with van der Waals surface area (Å²) in [6.45, 7) is 8.87. The molecule has 21 heavy (non-hydrogen) atoms. The number of nitrogens with zero attached hydrogens (tertiary/aromatic N) is 2. The van der Waals surface area contributed by atoms with Gasteiger partial charge >= 0.3 is 0 Å². The number of aryl methyl sites for hydroxylation is 1. The highest BCUT2D eigenvalue weighted by atomic mass is 15.1. The quantitative estimate of drug-likeness (QED) is 0.750. The summed E-state index contributed by atoms with van der Waals surface area (Å²) in [5.41, 5.74) is 2.41. The molecule has 0 aliphatic heterocycles. The standard InChI is InChI=1S/C18H29N3/c1-4-9-15(19-12-5-2)14-18-20-16-10-7-8-11-17(16)21(18)13-6-3/h7-8,10-11,15,19H,4-6,9,12-14H2,1-3H3. The number of hydrogen-bond acceptors (Lipinski definition) is 2. The van der Waals surface area contributed by atoms with Gasteiger partial charge in [-0.05, 0) is 37.9 Å². The number of fused-ring (bicyclic) bond motifs is 1. The number of rotatable bonds is 9. The molecule has 1 aromatic carbocycles. The average Bonchev–Trinajstić information content (AvgIpc) is 2.83. The molecular weight excluding hydrogens is 258 g/mol. The van der Waals surface area contributed by atoms with Gasteiger partial charge in [-0.1, -0.05) is 39.3 Å². The largest absolute Gasteiger partial charge is 0.328 e. The smallest absolute Gasteiger partial charge is 0.111 e. The third-order valence-corrected chi connectivity index (χ3v) is 3.93. The molecule has 1 atom stereocenters. The first-order chi connectivity index (χ1) is 10.3. The number of para-hydroxylation sites is 2. The molecule has 0 saturated carbocycles. The van der Waals surface area contributed by atoms with Crippen LogP contribution >= 0.6 is 0 Å². The molecular formula is C18H29N3. The van der Waals surface area contributed by atoms with Gasteiger partial charge < -0.3 is 9.88 Å². The van der Waals surface area contributed by atoms with E-state index in [1.54, 1.807) is 0 Å². The summed E-state index contributed by atoms with van der Waals surface area (Å²) in [6, 6.07) is 9.05. The van der Waals surface area contributed by atoms with Crippen molar-refractivity contribution in [2.24, 2.45) is 0 Å². The minimum absolute atomic E-state index is 0.544. The Balaban J connectivity index is 2.24. The van der Waals surface area contributed by atoms with Crippen molar-refractivity contribution in [1.29, 1.82) is 0 Å². The molecule has 0 radical (unpaired) electrons. The first kappa shape index (κ1) is 16.0. The van der Waals surface area contributed by atoms with Crippen molar-refractivity contribution < 1.29 is 0 Å². The van der Waals surface area contributed by atoms with Gasteiger partial charge in [0.25, 0.3) is 0 Å². The second kappa shape index (κ2) is 8.18. The maximum absolute atomic E-state index is 4.88. The Bertz CT molecular complexity index is 544. The Kier molecular flexibility index (Phi) is 6.24. The van der Waals surface area contributed by atoms with Crippen LogP contribution in [0, 0.1) is 0 Å². The number of nitrogens with one attached hydrogen (secondary N) is 1. The molecule has 1 heterocycles. The van der Waals surface area contributed by atoms with Crippen LogP contribution in [-0.2, 0) is 13.0 Å². The van der Waals surface area contributed by atoms with Crippen LogP contribution in [0.4, 0.5) is 0 Å². The molecule has 0 amide bonds. The third-order valence-electron chi connectivity index (χ3n) is 3.93. The van der Waals surface area contributed by atoms with Gasteiger partial charge in [0.15, 0.2) is 0 Å². The van der Waals surface area contributed by atoms with E-state index in [0.717, 1.165) is 31.4 Å². The van der Waals surface area contributed by atoms with E-state index in [4.69, 9.17) is 4.98 Å². The summed E-state index contributed by atoms with van der Waals surface area (Å²) in [4.78, 5) is 4.88. The van der Waals surface area contributed by atoms with Crippen molar-refractivity contribution >= 4 is 11.0 Å². The number of hydrogen-bond donors (Lipinski definition) is 1. The molecule has 0 bridgehead atoms. The second-order valence-electron chi connectivity index (χ2n) is 5.81. The van der Waals surface area contributed by atoms with Crippen LogP contribution in [0.25, 0.3) is 11.0 Å². The Morgan fingerprint density at radius 1 is 1.10 bits per heavy atom. The summed E-state index contributed by atoms with van der Waals surface area (Å²) < 4.78 is 2.41. The SMILES string of the molecule is CCCNC(CCC)Cc1nc2ccccc2n1CCC. The fourth-order valence-corrected chi connectivity index (χ4v) is 2.95. The lowest BCUT2D eigenvalue weighted by atomic mass is 10.1. The Morgan fingerprint density at radius 2 is 1.90 bits per heavy atom. The molecule has 1 N–H and O–H groups in total. The lowest BCUT2D eigenvalue weighted by molar-refractivity contribution is 0.456. The van der Waals surface area contributed by atoms with E-state index in [9.17, 15) is 0 Å². The van der Waals surface area contributed by atoms with Gasteiger partial charge in [-0.25, -0.2) is 4.98 Å². The first-order valence-corrected chi connectivity index (χ1v) is 8.47. The van der Waals surface area contributed by atoms with Gasteiger partial charge in [0.1, 0.15) is 5.82 Å². The highest BCUT2D eigenvalue weighted by Gasteiger charge is 2.15. The summed E-state index contributed by atoms with van der Waals surface area (Å²) in [7, 11) is 0. The predicted molar refractivity (Wildman–Crippen MR) is 90.7 cm³/mol. The van der Waals surface area contributed by atoms with E-state index in [0.29, 0.717) is 6.04 Å². The number of aromatic nitrogens is 2. The van der Waals surface area contributed by atoms with Crippen LogP contribution in [0.2, 0.25) is 0 Å². The van der Waals surface area contributed by atoms with Gasteiger partial charge in [-0.15, -0.1) is 0 Å². The normalized spacial score (nSPS) is 12.9. The maximum atomic E-state index is 4.88. The van der Waals surface area contributed by atoms with Crippen LogP contribution in [0.5, 0.6) is 0 Å². The van der Waals surface area contributed by atoms with Crippen molar-refractivity contribution in [3.05, 3.63) is 30.1 Å². The van der Waals surface area contributed by atoms with Gasteiger partial charge in [0.2, 0.25) is 0 Å². The van der Waals surface area contributed by atoms with Crippen LogP contribution < -0.4 is 5.32 Å². The molecule has 116 valence electrons. The van der Waals surface area contributed by atoms with Crippen LogP contribution in [0.1, 0.15) is 52.3 Å². The van der Waals surface area contributed by atoms with E-state index in [1.165, 1.54) is 30.6 Å². The molecule has 2 aromatic rings. The molecule has 0 aliphatic rings. The zero-order valence-electron chi connectivity index (χ0n) is 13.7. The Morgan fingerprint density at radius 3 is 2.62 bits per heavy atom. The van der Waals surface area contributed by atoms with E-state index >= 15 is 0 Å². The van der Waals surface area contributed by atoms with Crippen LogP contribution in [0.15, 0.2) is 24.3 Å². The predicted octanol–water partition coefficient (Wildman–Crippen LogP) is 4.16. The zero-order valence-corrected chi connectivity index (χ0v) is 13.7. The number of imidazole rings is 1. The van der Waals surface area contributed by atoms with E-state index < -0.39 is 0 Å². The summed E-state index contributed by atoms with van der Waals surface area (Å²) in [6.07, 6.45) is 5.80. The Labute approximate surface area is 128 Å². The molecule has 0 fully saturated rings. The topological polar surface area (TPSA) is 29.9 Å². The van der Waals surface area contributed by atoms with Gasteiger partial charge in [-0.2, -0.15) is 0 Å². The molecule has 3 nitrogen and oxygen atoms in total. The zero-order chi connectivity index (χ0) is 15.1. The fraction of sp³-hybridized carbons (Fsp3) is 0.611. The molecule has 2 rings (SSSR count). The summed E-state index contributed by atoms with van der Waals surface area (Å²) in [5, 5.41) is 3.68. The average molecular weight is 287 g/mol. The van der Waals surface area contributed by atoms with Crippen molar-refractivity contribution in [3.63, 3.8) is 0 Å². The Hall–Kier alpha value is -1.35. The first-order valence-electron chi connectivity index (χ1n) is 8.47. The molecule has 0 saturated heterocycles. The van der Waals surface area contributed by atoms with Crippen LogP contribution in [0.3, 0.4) is 0 Å². The monoisotopic (exact) mass is 287 g/mol. The second-order valence-corrected chi connectivity index (χ2v) is 5.81. The minimum Gasteiger partial charge on any atom is -0.328 e. The molecule has 0 spiro atoms. The lowest BCUT2D eigenvalue weighted by Gasteiger charge is -2.18. The molecule has 1 aromatic heterocycles.